The van der Waals surface area contributed by atoms with Gasteiger partial charge in [-0.2, -0.15) is 0 Å². The molecule has 25 heavy (non-hydrogen) atoms. The molecule has 0 fully saturated rings. The van der Waals surface area contributed by atoms with Crippen molar-refractivity contribution in [2.24, 2.45) is 0 Å². The van der Waals surface area contributed by atoms with Crippen molar-refractivity contribution in [2.45, 2.75) is 25.7 Å². The summed E-state index contributed by atoms with van der Waals surface area (Å²) in [4.78, 5) is 26.9. The van der Waals surface area contributed by atoms with E-state index in [1.54, 1.807) is 0 Å². The second kappa shape index (κ2) is 6.43. The molecule has 3 N–H and O–H groups in total. The van der Waals surface area contributed by atoms with Crippen molar-refractivity contribution in [3.05, 3.63) is 59.8 Å². The van der Waals surface area contributed by atoms with Gasteiger partial charge in [-0.1, -0.05) is 18.2 Å². The van der Waals surface area contributed by atoms with Gasteiger partial charge in [0.25, 0.3) is 0 Å². The van der Waals surface area contributed by atoms with Crippen LogP contribution in [-0.4, -0.2) is 16.8 Å². The molecular weight excluding hydrogens is 314 g/mol. The number of H-pyrrole nitrogens is 1. The summed E-state index contributed by atoms with van der Waals surface area (Å²) in [5.41, 5.74) is 4.93. The summed E-state index contributed by atoms with van der Waals surface area (Å²) in [6, 6.07) is 13.7. The fourth-order valence-electron chi connectivity index (χ4n) is 3.27. The van der Waals surface area contributed by atoms with Crippen LogP contribution in [0.15, 0.2) is 48.7 Å². The molecule has 2 amide bonds. The van der Waals surface area contributed by atoms with Gasteiger partial charge in [0.1, 0.15) is 0 Å². The first-order valence-corrected chi connectivity index (χ1v) is 8.47. The summed E-state index contributed by atoms with van der Waals surface area (Å²) >= 11 is 0. The Bertz CT molecular complexity index is 958. The molecule has 0 unspecified atom stereocenters. The highest BCUT2D eigenvalue weighted by molar-refractivity contribution is 5.96. The maximum absolute atomic E-state index is 12.3. The highest BCUT2D eigenvalue weighted by Gasteiger charge is 2.15. The zero-order valence-electron chi connectivity index (χ0n) is 13.8. The van der Waals surface area contributed by atoms with Crippen LogP contribution in [0.2, 0.25) is 0 Å². The Hall–Kier alpha value is -3.08. The zero-order valence-corrected chi connectivity index (χ0v) is 13.8. The van der Waals surface area contributed by atoms with Gasteiger partial charge >= 0.3 is 0 Å². The number of carbonyl (C=O) groups is 2. The molecule has 0 bridgehead atoms. The fourth-order valence-corrected chi connectivity index (χ4v) is 3.27. The van der Waals surface area contributed by atoms with Gasteiger partial charge in [-0.25, -0.2) is 0 Å². The summed E-state index contributed by atoms with van der Waals surface area (Å²) in [7, 11) is 0. The molecule has 0 radical (unpaired) electrons. The van der Waals surface area contributed by atoms with Crippen LogP contribution in [0.5, 0.6) is 0 Å². The number of hydrogen-bond donors (Lipinski definition) is 3. The summed E-state index contributed by atoms with van der Waals surface area (Å²) in [6.07, 6.45) is 4.29. The first-order valence-electron chi connectivity index (χ1n) is 8.47. The third-order valence-electron chi connectivity index (χ3n) is 4.58. The Morgan fingerprint density at radius 1 is 1.12 bits per heavy atom. The number of aromatic nitrogens is 1. The number of amides is 2. The van der Waals surface area contributed by atoms with Gasteiger partial charge in [-0.3, -0.25) is 9.59 Å². The van der Waals surface area contributed by atoms with Crippen LogP contribution in [0.25, 0.3) is 10.9 Å². The Morgan fingerprint density at radius 2 is 2.00 bits per heavy atom. The molecule has 1 aliphatic heterocycles. The van der Waals surface area contributed by atoms with E-state index in [-0.39, 0.29) is 11.8 Å². The number of rotatable bonds is 4. The lowest BCUT2D eigenvalue weighted by Crippen LogP contribution is -2.19. The van der Waals surface area contributed by atoms with Crippen LogP contribution in [0, 0.1) is 0 Å². The number of fused-ring (bicyclic) bond motifs is 2. The van der Waals surface area contributed by atoms with E-state index in [4.69, 9.17) is 0 Å². The Balaban J connectivity index is 1.40. The van der Waals surface area contributed by atoms with Crippen LogP contribution in [0.1, 0.15) is 24.0 Å². The number of nitrogens with one attached hydrogen (secondary N) is 3. The molecule has 0 saturated heterocycles. The lowest BCUT2D eigenvalue weighted by Gasteiger charge is -2.17. The lowest BCUT2D eigenvalue weighted by atomic mass is 10.0. The third-order valence-corrected chi connectivity index (χ3v) is 4.58. The maximum atomic E-state index is 12.3. The topological polar surface area (TPSA) is 74.0 Å². The van der Waals surface area contributed by atoms with E-state index >= 15 is 0 Å². The normalized spacial score (nSPS) is 13.4. The van der Waals surface area contributed by atoms with Gasteiger partial charge in [0.05, 0.1) is 0 Å². The number of para-hydroxylation sites is 1. The molecule has 0 saturated carbocycles. The highest BCUT2D eigenvalue weighted by atomic mass is 16.2. The van der Waals surface area contributed by atoms with Crippen LogP contribution < -0.4 is 10.6 Å². The lowest BCUT2D eigenvalue weighted by molar-refractivity contribution is -0.117. The molecule has 2 aromatic carbocycles. The number of hydrogen-bond acceptors (Lipinski definition) is 2. The smallest absolute Gasteiger partial charge is 0.224 e. The quantitative estimate of drug-likeness (QED) is 0.682. The highest BCUT2D eigenvalue weighted by Crippen LogP contribution is 2.26. The minimum Gasteiger partial charge on any atom is -0.361 e. The number of carbonyl (C=O) groups excluding carboxylic acids is 2. The Morgan fingerprint density at radius 3 is 2.92 bits per heavy atom. The average molecular weight is 333 g/mol. The van der Waals surface area contributed by atoms with Crippen LogP contribution in [-0.2, 0) is 22.4 Å². The molecule has 0 atom stereocenters. The molecule has 126 valence electrons. The average Bonchev–Trinajstić information content (AvgIpc) is 3.03. The van der Waals surface area contributed by atoms with E-state index in [0.717, 1.165) is 28.0 Å². The largest absolute Gasteiger partial charge is 0.361 e. The van der Waals surface area contributed by atoms with E-state index in [2.05, 4.69) is 21.7 Å². The molecule has 0 aliphatic carbocycles. The maximum Gasteiger partial charge on any atom is 0.224 e. The van der Waals surface area contributed by atoms with Crippen molar-refractivity contribution in [1.82, 2.24) is 4.98 Å². The van der Waals surface area contributed by atoms with Crippen molar-refractivity contribution in [3.8, 4) is 0 Å². The molecule has 2 heterocycles. The van der Waals surface area contributed by atoms with E-state index in [0.29, 0.717) is 25.7 Å². The standard InChI is InChI=1S/C20H19N3O2/c24-19(10-6-14-12-21-18-4-2-1-3-16(14)18)22-15-7-8-17-13(11-15)5-9-20(25)23-17/h1-4,7-8,11-12,21H,5-6,9-10H2,(H,22,24)(H,23,25). The van der Waals surface area contributed by atoms with Crippen molar-refractivity contribution >= 4 is 34.1 Å². The second-order valence-corrected chi connectivity index (χ2v) is 6.33. The van der Waals surface area contributed by atoms with E-state index in [1.165, 1.54) is 5.39 Å². The van der Waals surface area contributed by atoms with Crippen molar-refractivity contribution < 1.29 is 9.59 Å². The van der Waals surface area contributed by atoms with Crippen LogP contribution >= 0.6 is 0 Å². The molecule has 0 spiro atoms. The molecular formula is C20H19N3O2. The summed E-state index contributed by atoms with van der Waals surface area (Å²) in [5.74, 6) is 0.0353. The van der Waals surface area contributed by atoms with Gasteiger partial charge in [0, 0.05) is 41.3 Å². The first kappa shape index (κ1) is 15.4. The minimum atomic E-state index is -0.00919. The van der Waals surface area contributed by atoms with Crippen molar-refractivity contribution in [2.75, 3.05) is 10.6 Å². The summed E-state index contributed by atoms with van der Waals surface area (Å²) in [6.45, 7) is 0. The van der Waals surface area contributed by atoms with Crippen LogP contribution in [0.4, 0.5) is 11.4 Å². The molecule has 3 aromatic rings. The predicted molar refractivity (Wildman–Crippen MR) is 98.6 cm³/mol. The number of benzene rings is 2. The molecule has 4 rings (SSSR count). The molecule has 1 aliphatic rings. The number of aryl methyl sites for hydroxylation is 2. The minimum absolute atomic E-state index is 0.00919. The number of aromatic amines is 1. The Kier molecular flexibility index (Phi) is 3.98. The van der Waals surface area contributed by atoms with E-state index in [1.807, 2.05) is 42.6 Å². The monoisotopic (exact) mass is 333 g/mol. The van der Waals surface area contributed by atoms with Gasteiger partial charge in [0.15, 0.2) is 0 Å². The Labute approximate surface area is 145 Å². The van der Waals surface area contributed by atoms with E-state index < -0.39 is 0 Å². The number of anilines is 2. The summed E-state index contributed by atoms with van der Waals surface area (Å²) < 4.78 is 0. The van der Waals surface area contributed by atoms with E-state index in [9.17, 15) is 9.59 Å². The molecule has 5 heteroatoms. The van der Waals surface area contributed by atoms with Gasteiger partial charge in [0.2, 0.25) is 11.8 Å². The SMILES string of the molecule is O=C(CCc1c[nH]c2ccccc12)Nc1ccc2c(c1)CCC(=O)N2. The predicted octanol–water partition coefficient (Wildman–Crippen LogP) is 3.62. The van der Waals surface area contributed by atoms with Crippen molar-refractivity contribution in [1.29, 1.82) is 0 Å². The van der Waals surface area contributed by atoms with Gasteiger partial charge in [-0.05, 0) is 48.2 Å². The molecule has 5 nitrogen and oxygen atoms in total. The summed E-state index contributed by atoms with van der Waals surface area (Å²) in [5, 5.41) is 6.96. The van der Waals surface area contributed by atoms with Gasteiger partial charge in [-0.15, -0.1) is 0 Å². The second-order valence-electron chi connectivity index (χ2n) is 6.33. The fraction of sp³-hybridized carbons (Fsp3) is 0.200. The molecule has 1 aromatic heterocycles. The third kappa shape index (κ3) is 3.26. The first-order chi connectivity index (χ1) is 12.2. The van der Waals surface area contributed by atoms with Crippen LogP contribution in [0.3, 0.4) is 0 Å². The van der Waals surface area contributed by atoms with Gasteiger partial charge < -0.3 is 15.6 Å². The zero-order chi connectivity index (χ0) is 17.2. The van der Waals surface area contributed by atoms with Crippen molar-refractivity contribution in [3.63, 3.8) is 0 Å².